The van der Waals surface area contributed by atoms with Crippen molar-refractivity contribution < 1.29 is 32.8 Å². The molecule has 16 heteroatoms. The van der Waals surface area contributed by atoms with Crippen LogP contribution >= 0.6 is 30.8 Å². The smallest absolute Gasteiger partial charge is 0.386 e. The van der Waals surface area contributed by atoms with Gasteiger partial charge in [-0.1, -0.05) is 57.6 Å². The van der Waals surface area contributed by atoms with Crippen LogP contribution in [0.15, 0.2) is 0 Å². The molecule has 41 heavy (non-hydrogen) atoms. The summed E-state index contributed by atoms with van der Waals surface area (Å²) in [6.07, 6.45) is -0.00879. The number of aliphatic hydroxyl groups excluding tert-OH is 1. The van der Waals surface area contributed by atoms with Crippen molar-refractivity contribution >= 4 is 41.8 Å². The molecule has 2 aromatic heterocycles. The quantitative estimate of drug-likeness (QED) is 0.267. The van der Waals surface area contributed by atoms with E-state index in [1.54, 1.807) is 14.0 Å². The van der Waals surface area contributed by atoms with E-state index in [1.165, 1.54) is 15.9 Å². The minimum Gasteiger partial charge on any atom is -0.386 e. The minimum atomic E-state index is -3.93. The van der Waals surface area contributed by atoms with E-state index in [0.29, 0.717) is 41.8 Å². The minimum absolute atomic E-state index is 0.0223. The number of rotatable bonds is 15. The van der Waals surface area contributed by atoms with Crippen LogP contribution in [0.4, 0.5) is 5.13 Å². The van der Waals surface area contributed by atoms with Crippen molar-refractivity contribution in [2.45, 2.75) is 79.4 Å². The Morgan fingerprint density at radius 3 is 2.37 bits per heavy atom. The molecule has 0 aliphatic carbocycles. The molecule has 1 aliphatic rings. The van der Waals surface area contributed by atoms with Crippen molar-refractivity contribution in [3.63, 3.8) is 0 Å². The number of nitrogens with zero attached hydrogens (tertiary/aromatic N) is 5. The Morgan fingerprint density at radius 1 is 1.17 bits per heavy atom. The Bertz CT molecular complexity index is 1180. The van der Waals surface area contributed by atoms with Crippen molar-refractivity contribution in [2.24, 2.45) is 11.8 Å². The van der Waals surface area contributed by atoms with Gasteiger partial charge in [0.25, 0.3) is 5.91 Å². The third kappa shape index (κ3) is 9.17. The van der Waals surface area contributed by atoms with Crippen molar-refractivity contribution in [1.29, 1.82) is 0 Å². The van der Waals surface area contributed by atoms with Crippen LogP contribution in [0.1, 0.15) is 75.4 Å². The van der Waals surface area contributed by atoms with Gasteiger partial charge in [-0.15, -0.1) is 10.2 Å². The number of halogens is 1. The fraction of sp³-hybridized carbons (Fsp3) is 0.760. The van der Waals surface area contributed by atoms with Crippen LogP contribution < -0.4 is 10.2 Å². The number of methoxy groups -OCH3 is 1. The molecule has 2 aromatic rings. The molecule has 2 N–H and O–H groups in total. The molecule has 3 heterocycles. The van der Waals surface area contributed by atoms with Gasteiger partial charge in [0.05, 0.1) is 31.1 Å². The molecule has 0 spiro atoms. The highest BCUT2D eigenvalue weighted by Crippen LogP contribution is 2.50. The number of ether oxygens (including phenoxy) is 1. The van der Waals surface area contributed by atoms with Gasteiger partial charge in [0.2, 0.25) is 11.0 Å². The van der Waals surface area contributed by atoms with Gasteiger partial charge in [0.15, 0.2) is 5.15 Å². The lowest BCUT2D eigenvalue weighted by molar-refractivity contribution is 0.0525. The zero-order valence-electron chi connectivity index (χ0n) is 24.7. The van der Waals surface area contributed by atoms with E-state index >= 15 is 0 Å². The Labute approximate surface area is 250 Å². The lowest BCUT2D eigenvalue weighted by Gasteiger charge is -2.37. The molecule has 1 saturated heterocycles. The van der Waals surface area contributed by atoms with Gasteiger partial charge in [-0.05, 0) is 31.6 Å². The standard InChI is InChI=1S/C25H42ClN6O7PS/c1-8-19-21(26)28-22(32(19)14-39-40(35,37-12-15(2)3)38-13-16(4)5)23(34)27-18-9-10-31(11-20(18)36-7)25-30-29-24(41-25)17(6)33/h15-18,20,33H,8-14H2,1-7H3,(H,27,34)/t17?,18-,20+/m1/s1. The summed E-state index contributed by atoms with van der Waals surface area (Å²) in [6.45, 7) is 12.4. The van der Waals surface area contributed by atoms with E-state index in [0.717, 1.165) is 0 Å². The Kier molecular flexibility index (Phi) is 12.5. The summed E-state index contributed by atoms with van der Waals surface area (Å²) in [7, 11) is -2.34. The largest absolute Gasteiger partial charge is 0.476 e. The molecule has 3 atom stereocenters. The number of hydrogen-bond donors (Lipinski definition) is 2. The average molecular weight is 637 g/mol. The van der Waals surface area contributed by atoms with Crippen LogP contribution in [0.2, 0.25) is 5.15 Å². The molecular formula is C25H42ClN6O7PS. The third-order valence-electron chi connectivity index (χ3n) is 6.27. The molecule has 13 nitrogen and oxygen atoms in total. The van der Waals surface area contributed by atoms with Crippen molar-refractivity contribution in [3.05, 3.63) is 21.7 Å². The zero-order valence-corrected chi connectivity index (χ0v) is 27.2. The van der Waals surface area contributed by atoms with E-state index in [2.05, 4.69) is 20.5 Å². The number of aromatic nitrogens is 4. The fourth-order valence-corrected chi connectivity index (χ4v) is 6.65. The second kappa shape index (κ2) is 15.2. The van der Waals surface area contributed by atoms with E-state index < -0.39 is 19.8 Å². The average Bonchev–Trinajstić information content (AvgIpc) is 3.55. The molecule has 3 rings (SSSR count). The molecule has 0 aromatic carbocycles. The van der Waals surface area contributed by atoms with E-state index in [1.807, 2.05) is 39.5 Å². The third-order valence-corrected chi connectivity index (χ3v) is 9.09. The normalized spacial score (nSPS) is 18.9. The van der Waals surface area contributed by atoms with Crippen LogP contribution in [0.3, 0.4) is 0 Å². The van der Waals surface area contributed by atoms with Crippen LogP contribution in [0.5, 0.6) is 0 Å². The maximum absolute atomic E-state index is 13.5. The van der Waals surface area contributed by atoms with Crippen LogP contribution in [-0.2, 0) is 36.0 Å². The first kappa shape index (κ1) is 33.9. The van der Waals surface area contributed by atoms with Crippen LogP contribution in [-0.4, -0.2) is 76.3 Å². The lowest BCUT2D eigenvalue weighted by atomic mass is 10.0. The van der Waals surface area contributed by atoms with Crippen molar-refractivity contribution in [3.8, 4) is 0 Å². The molecule has 1 aliphatic heterocycles. The molecule has 0 bridgehead atoms. The molecule has 0 saturated carbocycles. The van der Waals surface area contributed by atoms with Gasteiger partial charge in [0.1, 0.15) is 17.8 Å². The highest BCUT2D eigenvalue weighted by molar-refractivity contribution is 7.48. The number of hydrogen-bond acceptors (Lipinski definition) is 12. The summed E-state index contributed by atoms with van der Waals surface area (Å²) in [5.41, 5.74) is 0.555. The molecule has 1 unspecified atom stereocenters. The first-order chi connectivity index (χ1) is 19.4. The van der Waals surface area contributed by atoms with Gasteiger partial charge < -0.3 is 20.1 Å². The monoisotopic (exact) mass is 636 g/mol. The van der Waals surface area contributed by atoms with Gasteiger partial charge >= 0.3 is 7.82 Å². The number of carbonyl (C=O) groups is 1. The maximum atomic E-state index is 13.5. The zero-order chi connectivity index (χ0) is 30.3. The van der Waals surface area contributed by atoms with Gasteiger partial charge in [-0.2, -0.15) is 0 Å². The van der Waals surface area contributed by atoms with E-state index in [9.17, 15) is 14.5 Å². The summed E-state index contributed by atoms with van der Waals surface area (Å²) in [5.74, 6) is -0.229. The van der Waals surface area contributed by atoms with Crippen LogP contribution in [0, 0.1) is 11.8 Å². The number of imidazole rings is 1. The molecule has 1 fully saturated rings. The topological polar surface area (TPSA) is 150 Å². The predicted octanol–water partition coefficient (Wildman–Crippen LogP) is 4.45. The number of phosphoric acid groups is 1. The Morgan fingerprint density at radius 2 is 1.83 bits per heavy atom. The Hall–Kier alpha value is -1.64. The molecule has 0 radical (unpaired) electrons. The second-order valence-electron chi connectivity index (χ2n) is 10.7. The Balaban J connectivity index is 1.74. The van der Waals surface area contributed by atoms with Crippen molar-refractivity contribution in [1.82, 2.24) is 25.1 Å². The number of anilines is 1. The predicted molar refractivity (Wildman–Crippen MR) is 156 cm³/mol. The highest BCUT2D eigenvalue weighted by Gasteiger charge is 2.34. The summed E-state index contributed by atoms with van der Waals surface area (Å²) in [6, 6.07) is -0.322. The SMILES string of the molecule is CCc1c(Cl)nc(C(=O)N[C@@H]2CCN(c3nnc(C(C)O)s3)C[C@@H]2OC)n1COP(=O)(OCC(C)C)OCC(C)C. The van der Waals surface area contributed by atoms with E-state index in [-0.39, 0.29) is 54.9 Å². The number of nitrogens with one attached hydrogen (secondary N) is 1. The van der Waals surface area contributed by atoms with Gasteiger partial charge in [-0.25, -0.2) is 9.55 Å². The fourth-order valence-electron chi connectivity index (χ4n) is 4.08. The van der Waals surface area contributed by atoms with Crippen molar-refractivity contribution in [2.75, 3.05) is 38.3 Å². The number of amides is 1. The molecule has 232 valence electrons. The van der Waals surface area contributed by atoms with Crippen LogP contribution in [0.25, 0.3) is 0 Å². The number of carbonyl (C=O) groups excluding carboxylic acids is 1. The number of aliphatic hydroxyl groups is 1. The summed E-state index contributed by atoms with van der Waals surface area (Å²) >= 11 is 7.72. The van der Waals surface area contributed by atoms with Gasteiger partial charge in [-0.3, -0.25) is 22.9 Å². The summed E-state index contributed by atoms with van der Waals surface area (Å²) in [5, 5.41) is 22.4. The lowest BCUT2D eigenvalue weighted by Crippen LogP contribution is -2.55. The highest BCUT2D eigenvalue weighted by atomic mass is 35.5. The first-order valence-electron chi connectivity index (χ1n) is 13.8. The number of piperidine rings is 1. The van der Waals surface area contributed by atoms with E-state index in [4.69, 9.17) is 29.9 Å². The van der Waals surface area contributed by atoms with Gasteiger partial charge in [0, 0.05) is 20.2 Å². The molecule has 1 amide bonds. The second-order valence-corrected chi connectivity index (χ2v) is 13.7. The summed E-state index contributed by atoms with van der Waals surface area (Å²) in [4.78, 5) is 19.8. The maximum Gasteiger partial charge on any atom is 0.476 e. The molecular weight excluding hydrogens is 595 g/mol. The summed E-state index contributed by atoms with van der Waals surface area (Å²) < 4.78 is 37.4. The number of phosphoric ester groups is 1. The first-order valence-corrected chi connectivity index (χ1v) is 16.4.